The number of rotatable bonds is 77. The number of carboxylic acids is 1. The van der Waals surface area contributed by atoms with Crippen LogP contribution in [0.1, 0.15) is 386 Å². The van der Waals surface area contributed by atoms with E-state index in [9.17, 15) is 19.5 Å². The third kappa shape index (κ3) is 79.4. The van der Waals surface area contributed by atoms with Crippen LogP contribution in [-0.2, 0) is 33.3 Å². The molecule has 0 bridgehead atoms. The van der Waals surface area contributed by atoms with Crippen molar-refractivity contribution < 1.29 is 42.9 Å². The summed E-state index contributed by atoms with van der Waals surface area (Å²) < 4.78 is 23.1. The Hall–Kier alpha value is -3.79. The minimum absolute atomic E-state index is 0.179. The lowest BCUT2D eigenvalue weighted by Crippen LogP contribution is -2.40. The van der Waals surface area contributed by atoms with E-state index in [2.05, 4.69) is 111 Å². The van der Waals surface area contributed by atoms with Gasteiger partial charge >= 0.3 is 17.9 Å². The van der Waals surface area contributed by atoms with Crippen molar-refractivity contribution >= 4 is 17.9 Å². The summed E-state index contributed by atoms with van der Waals surface area (Å²) in [5.74, 6) is -1.98. The fraction of sp³-hybridized carbons (Fsp3) is 0.784. The van der Waals surface area contributed by atoms with Crippen molar-refractivity contribution in [2.45, 2.75) is 399 Å². The van der Waals surface area contributed by atoms with Crippen LogP contribution in [0.2, 0.25) is 0 Å². The number of allylic oxidation sites excluding steroid dienone is 16. The number of quaternary nitrogens is 1. The summed E-state index contributed by atoms with van der Waals surface area (Å²) in [6, 6.07) is 0. The molecule has 97 heavy (non-hydrogen) atoms. The molecule has 0 saturated carbocycles. The molecule has 1 N–H and O–H groups in total. The predicted molar refractivity (Wildman–Crippen MR) is 419 cm³/mol. The van der Waals surface area contributed by atoms with Crippen LogP contribution < -0.4 is 0 Å². The van der Waals surface area contributed by atoms with Gasteiger partial charge in [-0.2, -0.15) is 0 Å². The van der Waals surface area contributed by atoms with Gasteiger partial charge in [-0.25, -0.2) is 4.79 Å². The van der Waals surface area contributed by atoms with E-state index in [4.69, 9.17) is 18.9 Å². The molecule has 2 atom stereocenters. The normalized spacial score (nSPS) is 13.1. The number of aliphatic carboxylic acids is 1. The fourth-order valence-electron chi connectivity index (χ4n) is 12.1. The van der Waals surface area contributed by atoms with Crippen molar-refractivity contribution in [2.24, 2.45) is 0 Å². The third-order valence-electron chi connectivity index (χ3n) is 18.4. The van der Waals surface area contributed by atoms with Crippen molar-refractivity contribution in [1.29, 1.82) is 0 Å². The molecule has 9 heteroatoms. The minimum Gasteiger partial charge on any atom is -0.477 e. The molecule has 0 fully saturated rings. The Balaban J connectivity index is 4.00. The molecule has 0 spiro atoms. The molecule has 0 aromatic carbocycles. The van der Waals surface area contributed by atoms with Crippen LogP contribution >= 0.6 is 0 Å². The molecule has 0 radical (unpaired) electrons. The molecule has 0 saturated heterocycles. The zero-order chi connectivity index (χ0) is 70.4. The van der Waals surface area contributed by atoms with Gasteiger partial charge in [0.25, 0.3) is 6.29 Å². The third-order valence-corrected chi connectivity index (χ3v) is 18.4. The lowest BCUT2D eigenvalue weighted by atomic mass is 10.0. The van der Waals surface area contributed by atoms with Crippen LogP contribution in [0.3, 0.4) is 0 Å². The van der Waals surface area contributed by atoms with Gasteiger partial charge in [0.1, 0.15) is 13.2 Å². The summed E-state index contributed by atoms with van der Waals surface area (Å²) in [6.07, 6.45) is 106. The maximum absolute atomic E-state index is 13.0. The zero-order valence-corrected chi connectivity index (χ0v) is 64.5. The molecule has 9 nitrogen and oxygen atoms in total. The maximum atomic E-state index is 13.0. The van der Waals surface area contributed by atoms with E-state index in [1.54, 1.807) is 0 Å². The van der Waals surface area contributed by atoms with Crippen LogP contribution in [0.4, 0.5) is 0 Å². The van der Waals surface area contributed by atoms with Gasteiger partial charge in [0.05, 0.1) is 34.4 Å². The number of carbonyl (C=O) groups excluding carboxylic acids is 2. The second-order valence-corrected chi connectivity index (χ2v) is 29.1. The van der Waals surface area contributed by atoms with Crippen LogP contribution in [-0.4, -0.2) is 87.4 Å². The topological polar surface area (TPSA) is 108 Å². The first-order chi connectivity index (χ1) is 47.6. The number of esters is 2. The summed E-state index contributed by atoms with van der Waals surface area (Å²) in [5, 5.41) is 9.78. The average molecular weight is 1360 g/mol. The smallest absolute Gasteiger partial charge is 0.361 e. The van der Waals surface area contributed by atoms with E-state index >= 15 is 0 Å². The first kappa shape index (κ1) is 93.2. The van der Waals surface area contributed by atoms with Gasteiger partial charge in [0.2, 0.25) is 0 Å². The average Bonchev–Trinajstić information content (AvgIpc) is 3.27. The van der Waals surface area contributed by atoms with E-state index in [0.29, 0.717) is 17.4 Å². The molecule has 0 rings (SSSR count). The number of unbranched alkanes of at least 4 members (excludes halogenated alkanes) is 46. The second kappa shape index (κ2) is 77.9. The summed E-state index contributed by atoms with van der Waals surface area (Å²) in [6.45, 7) is 4.82. The van der Waals surface area contributed by atoms with E-state index in [1.807, 2.05) is 21.1 Å². The second-order valence-electron chi connectivity index (χ2n) is 29.1. The Bertz CT molecular complexity index is 1920. The van der Waals surface area contributed by atoms with Crippen LogP contribution in [0.25, 0.3) is 0 Å². The van der Waals surface area contributed by atoms with Crippen molar-refractivity contribution in [1.82, 2.24) is 0 Å². The standard InChI is InChI=1S/C88H157NO8/c1-6-8-10-12-14-16-18-20-22-24-26-28-30-32-34-36-38-39-40-41-42-43-44-45-46-47-49-51-53-55-57-59-61-63-65-67-69-71-73-75-77-79-86(91)97-84(83-96-88(87(92)93)94-81-80-89(3,4)5)82-95-85(90)78-76-74-72-70-68-66-64-62-60-58-56-54-52-50-48-37-35-33-31-29-27-25-23-21-19-17-15-13-11-9-7-2/h8,10,14,16,20,22,26,28,32,34,38-39,41-42,44-45,84,88H,6-7,9,11-13,15,17-19,21,23-25,27,29-31,33,35-37,40,43,46-83H2,1-5H3/p+1/b10-8-,16-14-,22-20-,28-26-,34-32-,39-38-,42-41-,45-44-. The molecule has 0 aromatic rings. The monoisotopic (exact) mass is 1360 g/mol. The van der Waals surface area contributed by atoms with Gasteiger partial charge in [0.15, 0.2) is 6.10 Å². The summed E-state index contributed by atoms with van der Waals surface area (Å²) in [5.41, 5.74) is 0. The van der Waals surface area contributed by atoms with Crippen molar-refractivity contribution in [2.75, 3.05) is 47.5 Å². The number of hydrogen-bond donors (Lipinski definition) is 1. The van der Waals surface area contributed by atoms with Gasteiger partial charge in [0, 0.05) is 12.8 Å². The predicted octanol–water partition coefficient (Wildman–Crippen LogP) is 26.7. The quantitative estimate of drug-likeness (QED) is 0.0211. The highest BCUT2D eigenvalue weighted by Crippen LogP contribution is 2.20. The van der Waals surface area contributed by atoms with Gasteiger partial charge in [-0.15, -0.1) is 0 Å². The largest absolute Gasteiger partial charge is 0.477 e. The van der Waals surface area contributed by atoms with E-state index in [1.165, 1.54) is 270 Å². The summed E-state index contributed by atoms with van der Waals surface area (Å²) in [7, 11) is 5.99. The number of carbonyl (C=O) groups is 3. The van der Waals surface area contributed by atoms with Crippen molar-refractivity contribution in [3.05, 3.63) is 97.2 Å². The van der Waals surface area contributed by atoms with Crippen LogP contribution in [0.15, 0.2) is 97.2 Å². The molecule has 0 aliphatic carbocycles. The highest BCUT2D eigenvalue weighted by Gasteiger charge is 2.25. The van der Waals surface area contributed by atoms with E-state index in [-0.39, 0.29) is 38.2 Å². The first-order valence-electron chi connectivity index (χ1n) is 41.4. The maximum Gasteiger partial charge on any atom is 0.361 e. The lowest BCUT2D eigenvalue weighted by Gasteiger charge is -2.25. The molecular formula is C88H158NO8+. The van der Waals surface area contributed by atoms with Crippen molar-refractivity contribution in [3.8, 4) is 0 Å². The molecule has 0 heterocycles. The molecule has 0 aliphatic heterocycles. The number of hydrogen-bond acceptors (Lipinski definition) is 7. The molecule has 2 unspecified atom stereocenters. The first-order valence-corrected chi connectivity index (χ1v) is 41.4. The fourth-order valence-corrected chi connectivity index (χ4v) is 12.1. The summed E-state index contributed by atoms with van der Waals surface area (Å²) >= 11 is 0. The van der Waals surface area contributed by atoms with E-state index < -0.39 is 18.4 Å². The Kier molecular flexibility index (Phi) is 74.9. The van der Waals surface area contributed by atoms with Gasteiger partial charge in [-0.1, -0.05) is 394 Å². The molecule has 562 valence electrons. The van der Waals surface area contributed by atoms with Crippen LogP contribution in [0, 0.1) is 0 Å². The highest BCUT2D eigenvalue weighted by molar-refractivity contribution is 5.71. The molecule has 0 aliphatic rings. The molecule has 0 amide bonds. The molecular weight excluding hydrogens is 1200 g/mol. The lowest BCUT2D eigenvalue weighted by molar-refractivity contribution is -0.870. The molecule has 0 aromatic heterocycles. The Morgan fingerprint density at radius 2 is 0.588 bits per heavy atom. The van der Waals surface area contributed by atoms with Gasteiger partial charge in [-0.3, -0.25) is 9.59 Å². The highest BCUT2D eigenvalue weighted by atomic mass is 16.7. The zero-order valence-electron chi connectivity index (χ0n) is 64.5. The SMILES string of the molecule is CC/C=C\C/C=C\C/C=C\C/C=C\C/C=C\C/C=C\C/C=C\C/C=C\CCCCCCCCCCCCCCCCCCC(=O)OC(COC(=O)CCCCCCCCCCCCCCCCCCCCCCCCCCCCCCCCC)COC(OCC[N+](C)(C)C)C(=O)O. The Morgan fingerprint density at radius 3 is 0.876 bits per heavy atom. The van der Waals surface area contributed by atoms with E-state index in [0.717, 1.165) is 89.9 Å². The Labute approximate surface area is 601 Å². The van der Waals surface area contributed by atoms with Gasteiger partial charge in [-0.05, 0) is 77.0 Å². The minimum atomic E-state index is -1.51. The summed E-state index contributed by atoms with van der Waals surface area (Å²) in [4.78, 5) is 37.8. The number of nitrogens with zero attached hydrogens (tertiary/aromatic N) is 1. The number of carboxylic acid groups (broad SMARTS) is 1. The number of likely N-dealkylation sites (N-methyl/N-ethyl adjacent to an activating group) is 1. The van der Waals surface area contributed by atoms with Gasteiger partial charge < -0.3 is 28.5 Å². The number of ether oxygens (including phenoxy) is 4. The van der Waals surface area contributed by atoms with Crippen LogP contribution in [0.5, 0.6) is 0 Å². The Morgan fingerprint density at radius 1 is 0.320 bits per heavy atom. The van der Waals surface area contributed by atoms with Crippen molar-refractivity contribution in [3.63, 3.8) is 0 Å².